The fourth-order valence-electron chi connectivity index (χ4n) is 2.50. The second-order valence-electron chi connectivity index (χ2n) is 4.88. The Kier molecular flexibility index (Phi) is 3.89. The molecule has 0 unspecified atom stereocenters. The van der Waals surface area contributed by atoms with Crippen molar-refractivity contribution in [3.8, 4) is 16.9 Å². The highest BCUT2D eigenvalue weighted by atomic mass is 35.5. The van der Waals surface area contributed by atoms with Gasteiger partial charge in [-0.25, -0.2) is 0 Å². The van der Waals surface area contributed by atoms with E-state index in [0.29, 0.717) is 27.8 Å². The van der Waals surface area contributed by atoms with Crippen LogP contribution in [0.2, 0.25) is 10.0 Å². The number of rotatable bonds is 2. The Labute approximate surface area is 132 Å². The summed E-state index contributed by atoms with van der Waals surface area (Å²) < 4.78 is 5.80. The van der Waals surface area contributed by atoms with Crippen molar-refractivity contribution in [1.29, 1.82) is 0 Å². The molecule has 108 valence electrons. The summed E-state index contributed by atoms with van der Waals surface area (Å²) in [6.45, 7) is 0.156. The molecular weight excluding hydrogens is 309 g/mol. The molecule has 0 aliphatic carbocycles. The van der Waals surface area contributed by atoms with E-state index >= 15 is 0 Å². The maximum absolute atomic E-state index is 11.9. The summed E-state index contributed by atoms with van der Waals surface area (Å²) in [5.41, 5.74) is 7.93. The molecule has 0 spiro atoms. The lowest BCUT2D eigenvalue weighted by Gasteiger charge is -2.26. The fraction of sp³-hybridized carbons (Fsp3) is 0.188. The number of benzene rings is 2. The van der Waals surface area contributed by atoms with E-state index in [1.165, 1.54) is 0 Å². The zero-order valence-corrected chi connectivity index (χ0v) is 12.6. The first-order valence-electron chi connectivity index (χ1n) is 6.57. The number of halogens is 2. The van der Waals surface area contributed by atoms with Crippen molar-refractivity contribution in [2.24, 2.45) is 5.73 Å². The van der Waals surface area contributed by atoms with Crippen LogP contribution < -0.4 is 10.5 Å². The minimum Gasteiger partial charge on any atom is -0.480 e. The van der Waals surface area contributed by atoms with Crippen molar-refractivity contribution >= 4 is 29.0 Å². The van der Waals surface area contributed by atoms with Gasteiger partial charge in [-0.15, -0.1) is 0 Å². The van der Waals surface area contributed by atoms with Gasteiger partial charge < -0.3 is 10.5 Å². The van der Waals surface area contributed by atoms with Gasteiger partial charge in [0, 0.05) is 29.7 Å². The third kappa shape index (κ3) is 2.53. The van der Waals surface area contributed by atoms with Gasteiger partial charge in [-0.05, 0) is 12.1 Å². The Hall–Kier alpha value is -1.55. The number of nitrogens with two attached hydrogens (primary N) is 1. The highest BCUT2D eigenvalue weighted by Crippen LogP contribution is 2.42. The zero-order valence-electron chi connectivity index (χ0n) is 11.1. The number of para-hydroxylation sites is 1. The molecule has 0 aromatic heterocycles. The van der Waals surface area contributed by atoms with Crippen LogP contribution in [0, 0.1) is 0 Å². The number of ketones is 1. The second kappa shape index (κ2) is 5.68. The van der Waals surface area contributed by atoms with E-state index < -0.39 is 6.10 Å². The molecule has 5 heteroatoms. The largest absolute Gasteiger partial charge is 0.480 e. The molecule has 3 rings (SSSR count). The minimum absolute atomic E-state index is 0.00703. The summed E-state index contributed by atoms with van der Waals surface area (Å²) in [5.74, 6) is 0.634. The summed E-state index contributed by atoms with van der Waals surface area (Å²) in [5, 5.41) is 1.08. The van der Waals surface area contributed by atoms with Gasteiger partial charge in [-0.1, -0.05) is 47.5 Å². The molecule has 1 aliphatic rings. The molecule has 3 nitrogen and oxygen atoms in total. The highest BCUT2D eigenvalue weighted by molar-refractivity contribution is 6.39. The van der Waals surface area contributed by atoms with Crippen LogP contribution in [0.25, 0.3) is 11.1 Å². The van der Waals surface area contributed by atoms with Crippen molar-refractivity contribution in [2.45, 2.75) is 12.5 Å². The smallest absolute Gasteiger partial charge is 0.179 e. The van der Waals surface area contributed by atoms with Gasteiger partial charge in [0.15, 0.2) is 11.9 Å². The standard InChI is InChI=1S/C16H13Cl2NO2/c17-11-5-2-6-12(18)15(11)10-4-1-3-9-7-13(20)14(8-19)21-16(9)10/h1-6,14H,7-8,19H2/t14-/m0/s1. The van der Waals surface area contributed by atoms with Crippen molar-refractivity contribution < 1.29 is 9.53 Å². The normalized spacial score (nSPS) is 17.3. The van der Waals surface area contributed by atoms with E-state index in [-0.39, 0.29) is 12.3 Å². The maximum atomic E-state index is 11.9. The lowest BCUT2D eigenvalue weighted by atomic mass is 9.95. The number of carbonyl (C=O) groups excluding carboxylic acids is 1. The zero-order chi connectivity index (χ0) is 15.0. The molecule has 2 N–H and O–H groups in total. The fourth-order valence-corrected chi connectivity index (χ4v) is 3.11. The second-order valence-corrected chi connectivity index (χ2v) is 5.69. The molecule has 2 aromatic carbocycles. The van der Waals surface area contributed by atoms with Crippen molar-refractivity contribution in [3.63, 3.8) is 0 Å². The number of hydrogen-bond donors (Lipinski definition) is 1. The summed E-state index contributed by atoms with van der Waals surface area (Å²) in [7, 11) is 0. The van der Waals surface area contributed by atoms with Gasteiger partial charge in [0.2, 0.25) is 0 Å². The molecule has 0 radical (unpaired) electrons. The molecule has 1 atom stereocenters. The Morgan fingerprint density at radius 1 is 1.14 bits per heavy atom. The van der Waals surface area contributed by atoms with Gasteiger partial charge in [0.25, 0.3) is 0 Å². The average molecular weight is 322 g/mol. The quantitative estimate of drug-likeness (QED) is 0.921. The van der Waals surface area contributed by atoms with Crippen LogP contribution >= 0.6 is 23.2 Å². The lowest BCUT2D eigenvalue weighted by Crippen LogP contribution is -2.39. The number of carbonyl (C=O) groups is 1. The first kappa shape index (κ1) is 14.4. The van der Waals surface area contributed by atoms with Crippen molar-refractivity contribution in [2.75, 3.05) is 6.54 Å². The average Bonchev–Trinajstić information content (AvgIpc) is 2.46. The highest BCUT2D eigenvalue weighted by Gasteiger charge is 2.29. The van der Waals surface area contributed by atoms with Crippen LogP contribution in [-0.2, 0) is 11.2 Å². The van der Waals surface area contributed by atoms with Gasteiger partial charge in [0.05, 0.1) is 10.0 Å². The summed E-state index contributed by atoms with van der Waals surface area (Å²) in [6, 6.07) is 11.0. The summed E-state index contributed by atoms with van der Waals surface area (Å²) in [6.07, 6.45) is -0.299. The monoisotopic (exact) mass is 321 g/mol. The Morgan fingerprint density at radius 3 is 2.48 bits per heavy atom. The first-order valence-corrected chi connectivity index (χ1v) is 7.33. The first-order chi connectivity index (χ1) is 10.1. The predicted octanol–water partition coefficient (Wildman–Crippen LogP) is 3.49. The molecule has 0 saturated heterocycles. The lowest BCUT2D eigenvalue weighted by molar-refractivity contribution is -0.125. The van der Waals surface area contributed by atoms with E-state index in [2.05, 4.69) is 0 Å². The van der Waals surface area contributed by atoms with Crippen LogP contribution in [0.15, 0.2) is 36.4 Å². The van der Waals surface area contributed by atoms with E-state index in [9.17, 15) is 4.79 Å². The Bertz CT molecular complexity index is 695. The summed E-state index contributed by atoms with van der Waals surface area (Å²) in [4.78, 5) is 11.9. The number of hydrogen-bond acceptors (Lipinski definition) is 3. The number of Topliss-reactive ketones (excluding diaryl/α,β-unsaturated/α-hetero) is 1. The minimum atomic E-state index is -0.611. The SMILES string of the molecule is NC[C@@H]1Oc2c(cccc2-c2c(Cl)cccc2Cl)CC1=O. The van der Waals surface area contributed by atoms with Crippen LogP contribution in [0.5, 0.6) is 5.75 Å². The molecule has 1 heterocycles. The van der Waals surface area contributed by atoms with Crippen LogP contribution in [0.4, 0.5) is 0 Å². The van der Waals surface area contributed by atoms with E-state index in [1.807, 2.05) is 18.2 Å². The third-order valence-corrected chi connectivity index (χ3v) is 4.16. The van der Waals surface area contributed by atoms with E-state index in [4.69, 9.17) is 33.7 Å². The molecule has 0 bridgehead atoms. The molecule has 2 aromatic rings. The molecule has 1 aliphatic heterocycles. The van der Waals surface area contributed by atoms with Gasteiger partial charge in [0.1, 0.15) is 5.75 Å². The third-order valence-electron chi connectivity index (χ3n) is 3.53. The van der Waals surface area contributed by atoms with Crippen LogP contribution in [0.3, 0.4) is 0 Å². The van der Waals surface area contributed by atoms with Gasteiger partial charge >= 0.3 is 0 Å². The van der Waals surface area contributed by atoms with Crippen LogP contribution in [-0.4, -0.2) is 18.4 Å². The van der Waals surface area contributed by atoms with Crippen LogP contribution in [0.1, 0.15) is 5.56 Å². The summed E-state index contributed by atoms with van der Waals surface area (Å²) >= 11 is 12.5. The van der Waals surface area contributed by atoms with Crippen molar-refractivity contribution in [1.82, 2.24) is 0 Å². The molecule has 0 amide bonds. The molecule has 0 saturated carbocycles. The van der Waals surface area contributed by atoms with Gasteiger partial charge in [-0.2, -0.15) is 0 Å². The molecule has 21 heavy (non-hydrogen) atoms. The topological polar surface area (TPSA) is 52.3 Å². The van der Waals surface area contributed by atoms with E-state index in [0.717, 1.165) is 11.1 Å². The Morgan fingerprint density at radius 2 is 1.81 bits per heavy atom. The molecular formula is C16H13Cl2NO2. The number of ether oxygens (including phenoxy) is 1. The van der Waals surface area contributed by atoms with E-state index in [1.54, 1.807) is 18.2 Å². The Balaban J connectivity index is 2.18. The maximum Gasteiger partial charge on any atom is 0.179 e. The molecule has 0 fully saturated rings. The van der Waals surface area contributed by atoms with Gasteiger partial charge in [-0.3, -0.25) is 4.79 Å². The van der Waals surface area contributed by atoms with Crippen molar-refractivity contribution in [3.05, 3.63) is 52.0 Å². The number of fused-ring (bicyclic) bond motifs is 1. The predicted molar refractivity (Wildman–Crippen MR) is 84.1 cm³/mol.